The van der Waals surface area contributed by atoms with Gasteiger partial charge in [-0.05, 0) is 18.6 Å². The Morgan fingerprint density at radius 2 is 2.47 bits per heavy atom. The topological polar surface area (TPSA) is 48.7 Å². The second-order valence-electron chi connectivity index (χ2n) is 3.13. The third kappa shape index (κ3) is 3.64. The smallest absolute Gasteiger partial charge is 0.107 e. The molecule has 0 fully saturated rings. The summed E-state index contributed by atoms with van der Waals surface area (Å²) in [7, 11) is 0. The van der Waals surface area contributed by atoms with Crippen molar-refractivity contribution in [1.82, 2.24) is 10.3 Å². The number of hydrogen-bond acceptors (Lipinski definition) is 3. The summed E-state index contributed by atoms with van der Waals surface area (Å²) in [5.74, 6) is 0. The molecule has 0 spiro atoms. The third-order valence-electron chi connectivity index (χ3n) is 1.91. The highest BCUT2D eigenvalue weighted by Crippen LogP contribution is 2.04. The Morgan fingerprint density at radius 3 is 3.13 bits per heavy atom. The van der Waals surface area contributed by atoms with Crippen molar-refractivity contribution in [3.8, 4) is 6.07 Å². The molecule has 0 saturated carbocycles. The Balaban J connectivity index is 2.72. The summed E-state index contributed by atoms with van der Waals surface area (Å²) < 4.78 is 0. The van der Waals surface area contributed by atoms with Crippen LogP contribution in [0.5, 0.6) is 0 Å². The van der Waals surface area contributed by atoms with E-state index in [1.54, 1.807) is 6.20 Å². The minimum absolute atomic E-state index is 0.240. The van der Waals surface area contributed by atoms with Crippen LogP contribution in [0.3, 0.4) is 0 Å². The molecule has 1 rings (SSSR count). The summed E-state index contributed by atoms with van der Waals surface area (Å²) in [5.41, 5.74) is 1.97. The van der Waals surface area contributed by atoms with Crippen LogP contribution in [0.25, 0.3) is 0 Å². The van der Waals surface area contributed by atoms with Crippen LogP contribution in [0.2, 0.25) is 0 Å². The third-order valence-corrected chi connectivity index (χ3v) is 2.29. The van der Waals surface area contributed by atoms with Gasteiger partial charge in [0.2, 0.25) is 0 Å². The molecule has 0 aromatic carbocycles. The van der Waals surface area contributed by atoms with Gasteiger partial charge in [0.15, 0.2) is 0 Å². The first-order chi connectivity index (χ1) is 7.27. The second-order valence-corrected chi connectivity index (χ2v) is 3.53. The number of nitriles is 1. The Bertz CT molecular complexity index is 382. The fraction of sp³-hybridized carbons (Fsp3) is 0.364. The summed E-state index contributed by atoms with van der Waals surface area (Å²) in [6.45, 7) is 2.35. The van der Waals surface area contributed by atoms with Crippen molar-refractivity contribution in [3.63, 3.8) is 0 Å². The second kappa shape index (κ2) is 6.10. The van der Waals surface area contributed by atoms with Gasteiger partial charge in [-0.25, -0.2) is 0 Å². The summed E-state index contributed by atoms with van der Waals surface area (Å²) in [6.07, 6.45) is 3.77. The number of aryl methyl sites for hydroxylation is 1. The first kappa shape index (κ1) is 11.6. The zero-order chi connectivity index (χ0) is 11.1. The van der Waals surface area contributed by atoms with Gasteiger partial charge in [-0.2, -0.15) is 5.26 Å². The highest BCUT2D eigenvalue weighted by atomic mass is 32.1. The van der Waals surface area contributed by atoms with Crippen LogP contribution < -0.4 is 5.32 Å². The van der Waals surface area contributed by atoms with E-state index in [0.29, 0.717) is 4.99 Å². The van der Waals surface area contributed by atoms with Crippen molar-refractivity contribution in [3.05, 3.63) is 29.6 Å². The minimum Gasteiger partial charge on any atom is -0.363 e. The molecule has 0 unspecified atom stereocenters. The van der Waals surface area contributed by atoms with Crippen molar-refractivity contribution >= 4 is 17.2 Å². The number of hydrogen-bond donors (Lipinski definition) is 1. The molecule has 0 aliphatic rings. The van der Waals surface area contributed by atoms with E-state index in [9.17, 15) is 0 Å². The molecule has 0 radical (unpaired) electrons. The van der Waals surface area contributed by atoms with E-state index >= 15 is 0 Å². The van der Waals surface area contributed by atoms with E-state index in [0.717, 1.165) is 24.1 Å². The molecule has 4 heteroatoms. The molecule has 0 atom stereocenters. The minimum atomic E-state index is 0.240. The Labute approximate surface area is 95.1 Å². The van der Waals surface area contributed by atoms with Crippen LogP contribution in [0.4, 0.5) is 0 Å². The molecule has 3 nitrogen and oxygen atoms in total. The highest BCUT2D eigenvalue weighted by molar-refractivity contribution is 7.80. The average molecular weight is 219 g/mol. The Morgan fingerprint density at radius 1 is 1.67 bits per heavy atom. The standard InChI is InChI=1S/C11H13N3S/c1-2-3-10-8-9(4-6-13-10)11(15)14-7-5-12/h4,6,8H,2-3,7H2,1H3,(H,14,15). The van der Waals surface area contributed by atoms with E-state index < -0.39 is 0 Å². The maximum Gasteiger partial charge on any atom is 0.107 e. The number of pyridine rings is 1. The lowest BCUT2D eigenvalue weighted by Crippen LogP contribution is -2.22. The lowest BCUT2D eigenvalue weighted by molar-refractivity contribution is 0.881. The molecule has 78 valence electrons. The predicted octanol–water partition coefficient (Wildman–Crippen LogP) is 1.82. The normalized spacial score (nSPS) is 9.33. The quantitative estimate of drug-likeness (QED) is 0.620. The molecule has 1 N–H and O–H groups in total. The zero-order valence-electron chi connectivity index (χ0n) is 8.66. The Hall–Kier alpha value is -1.47. The van der Waals surface area contributed by atoms with Gasteiger partial charge in [-0.15, -0.1) is 0 Å². The summed E-state index contributed by atoms with van der Waals surface area (Å²) >= 11 is 5.14. The first-order valence-corrected chi connectivity index (χ1v) is 5.28. The van der Waals surface area contributed by atoms with Crippen LogP contribution in [0.1, 0.15) is 24.6 Å². The maximum atomic E-state index is 8.42. The van der Waals surface area contributed by atoms with Gasteiger partial charge in [-0.1, -0.05) is 25.6 Å². The zero-order valence-corrected chi connectivity index (χ0v) is 9.47. The molecular weight excluding hydrogens is 206 g/mol. The molecule has 0 bridgehead atoms. The van der Waals surface area contributed by atoms with E-state index in [2.05, 4.69) is 17.2 Å². The molecule has 0 amide bonds. The van der Waals surface area contributed by atoms with E-state index in [1.165, 1.54) is 0 Å². The van der Waals surface area contributed by atoms with Gasteiger partial charge >= 0.3 is 0 Å². The van der Waals surface area contributed by atoms with Crippen molar-refractivity contribution in [2.75, 3.05) is 6.54 Å². The average Bonchev–Trinajstić information content (AvgIpc) is 2.27. The van der Waals surface area contributed by atoms with E-state index in [4.69, 9.17) is 17.5 Å². The van der Waals surface area contributed by atoms with Crippen LogP contribution in [0, 0.1) is 11.3 Å². The van der Waals surface area contributed by atoms with Gasteiger partial charge in [-0.3, -0.25) is 4.98 Å². The van der Waals surface area contributed by atoms with E-state index in [-0.39, 0.29) is 6.54 Å². The van der Waals surface area contributed by atoms with Gasteiger partial charge in [0, 0.05) is 17.5 Å². The molecule has 1 heterocycles. The van der Waals surface area contributed by atoms with Crippen molar-refractivity contribution in [2.24, 2.45) is 0 Å². The number of nitrogens with one attached hydrogen (secondary N) is 1. The van der Waals surface area contributed by atoms with Crippen LogP contribution >= 0.6 is 12.2 Å². The van der Waals surface area contributed by atoms with Crippen molar-refractivity contribution in [2.45, 2.75) is 19.8 Å². The summed E-state index contributed by atoms with van der Waals surface area (Å²) in [4.78, 5) is 4.85. The number of nitrogens with zero attached hydrogens (tertiary/aromatic N) is 2. The molecule has 0 aliphatic carbocycles. The molecule has 0 saturated heterocycles. The van der Waals surface area contributed by atoms with E-state index in [1.807, 2.05) is 18.2 Å². The van der Waals surface area contributed by atoms with Gasteiger partial charge in [0.05, 0.1) is 6.07 Å². The molecule has 15 heavy (non-hydrogen) atoms. The molecule has 1 aromatic rings. The number of thiocarbonyl (C=S) groups is 1. The molecule has 1 aromatic heterocycles. The first-order valence-electron chi connectivity index (χ1n) is 4.88. The van der Waals surface area contributed by atoms with Gasteiger partial charge in [0.25, 0.3) is 0 Å². The lowest BCUT2D eigenvalue weighted by atomic mass is 10.1. The fourth-order valence-electron chi connectivity index (χ4n) is 1.23. The Kier molecular flexibility index (Phi) is 4.72. The SMILES string of the molecule is CCCc1cc(C(=S)NCC#N)ccn1. The fourth-order valence-corrected chi connectivity index (χ4v) is 1.43. The molecule has 0 aliphatic heterocycles. The van der Waals surface area contributed by atoms with Gasteiger partial charge < -0.3 is 5.32 Å². The van der Waals surface area contributed by atoms with Crippen LogP contribution in [-0.4, -0.2) is 16.5 Å². The summed E-state index contributed by atoms with van der Waals surface area (Å²) in [5, 5.41) is 11.3. The number of rotatable bonds is 4. The maximum absolute atomic E-state index is 8.42. The number of aromatic nitrogens is 1. The largest absolute Gasteiger partial charge is 0.363 e. The van der Waals surface area contributed by atoms with Crippen molar-refractivity contribution in [1.29, 1.82) is 5.26 Å². The van der Waals surface area contributed by atoms with Crippen molar-refractivity contribution < 1.29 is 0 Å². The summed E-state index contributed by atoms with van der Waals surface area (Å²) in [6, 6.07) is 5.82. The molecular formula is C11H13N3S. The lowest BCUT2D eigenvalue weighted by Gasteiger charge is -2.05. The van der Waals surface area contributed by atoms with Gasteiger partial charge in [0.1, 0.15) is 11.5 Å². The monoisotopic (exact) mass is 219 g/mol. The predicted molar refractivity (Wildman–Crippen MR) is 63.5 cm³/mol. The van der Waals surface area contributed by atoms with Crippen LogP contribution in [0.15, 0.2) is 18.3 Å². The highest BCUT2D eigenvalue weighted by Gasteiger charge is 2.01. The van der Waals surface area contributed by atoms with Crippen LogP contribution in [-0.2, 0) is 6.42 Å².